The fourth-order valence-electron chi connectivity index (χ4n) is 4.92. The number of hydrogen-bond donors (Lipinski definition) is 2. The maximum absolute atomic E-state index is 13.9. The van der Waals surface area contributed by atoms with E-state index in [-0.39, 0.29) is 17.3 Å². The van der Waals surface area contributed by atoms with Crippen LogP contribution in [0.5, 0.6) is 0 Å². The van der Waals surface area contributed by atoms with Crippen LogP contribution in [-0.4, -0.2) is 87.9 Å². The van der Waals surface area contributed by atoms with Crippen LogP contribution in [0.25, 0.3) is 16.7 Å². The third kappa shape index (κ3) is 6.54. The predicted molar refractivity (Wildman–Crippen MR) is 154 cm³/mol. The minimum atomic E-state index is -0.333. The lowest BCUT2D eigenvalue weighted by molar-refractivity contribution is 0.0944. The number of aryl methyl sites for hydroxylation is 1. The third-order valence-electron chi connectivity index (χ3n) is 7.24. The van der Waals surface area contributed by atoms with Gasteiger partial charge < -0.3 is 20.4 Å². The van der Waals surface area contributed by atoms with E-state index in [4.69, 9.17) is 0 Å². The van der Waals surface area contributed by atoms with Gasteiger partial charge in [-0.3, -0.25) is 19.1 Å². The summed E-state index contributed by atoms with van der Waals surface area (Å²) in [5, 5.41) is 11.6. The van der Waals surface area contributed by atoms with Gasteiger partial charge in [-0.25, -0.2) is 9.07 Å². The quantitative estimate of drug-likeness (QED) is 0.295. The second-order valence-corrected chi connectivity index (χ2v) is 10.2. The van der Waals surface area contributed by atoms with Crippen molar-refractivity contribution in [2.45, 2.75) is 19.9 Å². The first-order chi connectivity index (χ1) is 19.4. The third-order valence-corrected chi connectivity index (χ3v) is 7.24. The molecule has 40 heavy (non-hydrogen) atoms. The van der Waals surface area contributed by atoms with Gasteiger partial charge in [-0.1, -0.05) is 0 Å². The minimum absolute atomic E-state index is 0.210. The number of nitrogens with zero attached hydrogens (tertiary/aromatic N) is 6. The van der Waals surface area contributed by atoms with E-state index < -0.39 is 0 Å². The summed E-state index contributed by atoms with van der Waals surface area (Å²) in [5.41, 5.74) is 2.50. The number of rotatable bonds is 10. The van der Waals surface area contributed by atoms with Crippen LogP contribution in [0.3, 0.4) is 0 Å². The first-order valence-corrected chi connectivity index (χ1v) is 13.6. The molecule has 210 valence electrons. The topological polar surface area (TPSA) is 100 Å². The molecule has 11 heteroatoms. The molecule has 1 saturated heterocycles. The molecule has 0 aliphatic carbocycles. The zero-order valence-electron chi connectivity index (χ0n) is 22.9. The molecular formula is C29H35FN8O2. The van der Waals surface area contributed by atoms with Gasteiger partial charge in [-0.15, -0.1) is 0 Å². The van der Waals surface area contributed by atoms with Gasteiger partial charge in [0.05, 0.1) is 12.1 Å². The van der Waals surface area contributed by atoms with Crippen LogP contribution < -0.4 is 16.2 Å². The number of fused-ring (bicyclic) bond motifs is 1. The zero-order valence-corrected chi connectivity index (χ0v) is 22.9. The molecule has 1 aliphatic rings. The maximum Gasteiger partial charge on any atom is 0.269 e. The normalized spacial score (nSPS) is 14.5. The number of nitrogens with one attached hydrogen (secondary N) is 2. The molecule has 5 rings (SSSR count). The first-order valence-electron chi connectivity index (χ1n) is 13.6. The smallest absolute Gasteiger partial charge is 0.269 e. The molecule has 0 unspecified atom stereocenters. The number of pyridine rings is 1. The Morgan fingerprint density at radius 3 is 2.67 bits per heavy atom. The van der Waals surface area contributed by atoms with Crippen molar-refractivity contribution in [2.75, 3.05) is 58.2 Å². The van der Waals surface area contributed by atoms with E-state index in [2.05, 4.69) is 37.6 Å². The maximum atomic E-state index is 13.9. The molecule has 0 saturated carbocycles. The van der Waals surface area contributed by atoms with Crippen LogP contribution in [0, 0.1) is 12.7 Å². The summed E-state index contributed by atoms with van der Waals surface area (Å²) in [5.74, 6) is -0.0162. The van der Waals surface area contributed by atoms with Gasteiger partial charge in [0, 0.05) is 68.8 Å². The van der Waals surface area contributed by atoms with Crippen molar-refractivity contribution in [2.24, 2.45) is 0 Å². The average Bonchev–Trinajstić information content (AvgIpc) is 3.28. The Hall–Kier alpha value is -4.09. The monoisotopic (exact) mass is 546 g/mol. The standard InChI is InChI=1S/C29H35FN8O2/c1-21-20-37(26-18-22(30)4-5-24(21)26)27-6-7-28(39)38(34-27)13-11-31-23-8-10-32-25(19-23)29(40)33-9-3-12-36-16-14-35(2)15-17-36/h4-8,10,18-20H,3,9,11-17H2,1-2H3,(H,31,32)(H,33,40). The van der Waals surface area contributed by atoms with Crippen molar-refractivity contribution in [3.8, 4) is 5.82 Å². The van der Waals surface area contributed by atoms with Gasteiger partial charge in [0.1, 0.15) is 11.5 Å². The number of likely N-dealkylation sites (N-methyl/N-ethyl adjacent to an activating group) is 1. The van der Waals surface area contributed by atoms with Gasteiger partial charge in [-0.2, -0.15) is 5.10 Å². The van der Waals surface area contributed by atoms with Gasteiger partial charge >= 0.3 is 0 Å². The van der Waals surface area contributed by atoms with E-state index in [1.54, 1.807) is 35.0 Å². The van der Waals surface area contributed by atoms with E-state index in [0.717, 1.165) is 55.8 Å². The minimum Gasteiger partial charge on any atom is -0.383 e. The van der Waals surface area contributed by atoms with Crippen molar-refractivity contribution in [3.05, 3.63) is 82.3 Å². The van der Waals surface area contributed by atoms with Crippen LogP contribution in [-0.2, 0) is 6.54 Å². The number of halogens is 1. The molecule has 0 spiro atoms. The van der Waals surface area contributed by atoms with Crippen LogP contribution in [0.1, 0.15) is 22.5 Å². The number of carbonyl (C=O) groups is 1. The fraction of sp³-hybridized carbons (Fsp3) is 0.379. The van der Waals surface area contributed by atoms with E-state index >= 15 is 0 Å². The highest BCUT2D eigenvalue weighted by Gasteiger charge is 2.14. The summed E-state index contributed by atoms with van der Waals surface area (Å²) in [6.45, 7) is 8.52. The van der Waals surface area contributed by atoms with Crippen LogP contribution in [0.2, 0.25) is 0 Å². The number of carbonyl (C=O) groups excluding carboxylic acids is 1. The summed E-state index contributed by atoms with van der Waals surface area (Å²) in [6.07, 6.45) is 4.36. The van der Waals surface area contributed by atoms with Crippen LogP contribution >= 0.6 is 0 Å². The molecule has 1 aromatic carbocycles. The van der Waals surface area contributed by atoms with E-state index in [0.29, 0.717) is 36.7 Å². The lowest BCUT2D eigenvalue weighted by atomic mass is 10.2. The Labute approximate surface area is 232 Å². The number of amides is 1. The number of anilines is 1. The van der Waals surface area contributed by atoms with E-state index in [9.17, 15) is 14.0 Å². The largest absolute Gasteiger partial charge is 0.383 e. The molecule has 3 aromatic heterocycles. The Morgan fingerprint density at radius 1 is 1.02 bits per heavy atom. The Balaban J connectivity index is 1.15. The van der Waals surface area contributed by atoms with Crippen molar-refractivity contribution in [1.29, 1.82) is 0 Å². The van der Waals surface area contributed by atoms with Crippen molar-refractivity contribution in [1.82, 2.24) is 34.4 Å². The molecular weight excluding hydrogens is 511 g/mol. The van der Waals surface area contributed by atoms with Crippen molar-refractivity contribution in [3.63, 3.8) is 0 Å². The first kappa shape index (κ1) is 27.5. The molecule has 0 radical (unpaired) electrons. The second kappa shape index (κ2) is 12.4. The SMILES string of the molecule is Cc1cn(-c2ccc(=O)n(CCNc3ccnc(C(=O)NCCCN4CCN(C)CC4)c3)n2)c2cc(F)ccc12. The van der Waals surface area contributed by atoms with Gasteiger partial charge in [0.15, 0.2) is 5.82 Å². The molecule has 1 fully saturated rings. The van der Waals surface area contributed by atoms with Gasteiger partial charge in [0.25, 0.3) is 11.5 Å². The number of hydrogen-bond acceptors (Lipinski definition) is 7. The lowest BCUT2D eigenvalue weighted by Crippen LogP contribution is -2.45. The summed E-state index contributed by atoms with van der Waals surface area (Å²) in [7, 11) is 2.14. The molecule has 4 heterocycles. The fourth-order valence-corrected chi connectivity index (χ4v) is 4.92. The van der Waals surface area contributed by atoms with E-state index in [1.165, 1.54) is 22.9 Å². The Kier molecular flexibility index (Phi) is 8.51. The van der Waals surface area contributed by atoms with Crippen LogP contribution in [0.15, 0.2) is 59.7 Å². The number of aromatic nitrogens is 4. The van der Waals surface area contributed by atoms with E-state index in [1.807, 2.05) is 13.1 Å². The Morgan fingerprint density at radius 2 is 1.85 bits per heavy atom. The molecule has 4 aromatic rings. The van der Waals surface area contributed by atoms with Gasteiger partial charge in [-0.05, 0) is 68.9 Å². The summed E-state index contributed by atoms with van der Waals surface area (Å²) < 4.78 is 17.1. The molecule has 10 nitrogen and oxygen atoms in total. The van der Waals surface area contributed by atoms with Crippen LogP contribution in [0.4, 0.5) is 10.1 Å². The molecule has 1 amide bonds. The lowest BCUT2D eigenvalue weighted by Gasteiger charge is -2.32. The highest BCUT2D eigenvalue weighted by molar-refractivity contribution is 5.93. The summed E-state index contributed by atoms with van der Waals surface area (Å²) >= 11 is 0. The van der Waals surface area contributed by atoms with Crippen molar-refractivity contribution >= 4 is 22.5 Å². The molecule has 2 N–H and O–H groups in total. The van der Waals surface area contributed by atoms with Gasteiger partial charge in [0.2, 0.25) is 0 Å². The van der Waals surface area contributed by atoms with Crippen molar-refractivity contribution < 1.29 is 9.18 Å². The highest BCUT2D eigenvalue weighted by Crippen LogP contribution is 2.24. The molecule has 1 aliphatic heterocycles. The average molecular weight is 547 g/mol. The predicted octanol–water partition coefficient (Wildman–Crippen LogP) is 2.51. The second-order valence-electron chi connectivity index (χ2n) is 10.2. The summed E-state index contributed by atoms with van der Waals surface area (Å²) in [4.78, 5) is 34.1. The highest BCUT2D eigenvalue weighted by atomic mass is 19.1. The number of benzene rings is 1. The zero-order chi connectivity index (χ0) is 28.1. The molecule has 0 bridgehead atoms. The Bertz CT molecular complexity index is 1540. The number of piperazine rings is 1. The molecule has 0 atom stereocenters. The summed E-state index contributed by atoms with van der Waals surface area (Å²) in [6, 6.07) is 11.2.